The fourth-order valence-corrected chi connectivity index (χ4v) is 2.69. The zero-order valence-electron chi connectivity index (χ0n) is 11.7. The first-order chi connectivity index (χ1) is 10.8. The van der Waals surface area contributed by atoms with Crippen LogP contribution in [0.5, 0.6) is 11.5 Å². The van der Waals surface area contributed by atoms with Crippen LogP contribution in [0.15, 0.2) is 48.7 Å². The number of fused-ring (bicyclic) bond motifs is 2. The van der Waals surface area contributed by atoms with Crippen molar-refractivity contribution in [1.82, 2.24) is 4.98 Å². The number of benzene rings is 2. The largest absolute Gasteiger partial charge is 0.454 e. The van der Waals surface area contributed by atoms with E-state index in [2.05, 4.69) is 10.3 Å². The van der Waals surface area contributed by atoms with Gasteiger partial charge in [-0.1, -0.05) is 17.7 Å². The Hall–Kier alpha value is -2.46. The van der Waals surface area contributed by atoms with Crippen molar-refractivity contribution in [3.8, 4) is 11.5 Å². The van der Waals surface area contributed by atoms with Gasteiger partial charge in [-0.15, -0.1) is 0 Å². The molecule has 0 radical (unpaired) electrons. The van der Waals surface area contributed by atoms with E-state index in [-0.39, 0.29) is 0 Å². The van der Waals surface area contributed by atoms with Gasteiger partial charge in [0.15, 0.2) is 11.5 Å². The molecular weight excluding hydrogens is 300 g/mol. The second-order valence-corrected chi connectivity index (χ2v) is 5.50. The first-order valence-corrected chi connectivity index (χ1v) is 7.34. The molecular formula is C17H13ClN2O2. The highest BCUT2D eigenvalue weighted by atomic mass is 35.5. The van der Waals surface area contributed by atoms with Crippen LogP contribution in [0, 0.1) is 0 Å². The van der Waals surface area contributed by atoms with Crippen LogP contribution < -0.4 is 14.8 Å². The number of halogens is 1. The van der Waals surface area contributed by atoms with Crippen molar-refractivity contribution in [3.05, 3.63) is 59.2 Å². The van der Waals surface area contributed by atoms with E-state index in [1.54, 1.807) is 6.20 Å². The Morgan fingerprint density at radius 3 is 2.91 bits per heavy atom. The number of anilines is 1. The Bertz CT molecular complexity index is 851. The van der Waals surface area contributed by atoms with Crippen molar-refractivity contribution < 1.29 is 9.47 Å². The standard InChI is InChI=1S/C17H13ClN2O2/c18-12-2-3-14-13(8-12)15(5-6-19-14)20-9-11-1-4-16-17(7-11)22-10-21-16/h1-8H,9-10H2,(H,19,20). The van der Waals surface area contributed by atoms with Crippen molar-refractivity contribution in [2.45, 2.75) is 6.54 Å². The average molecular weight is 313 g/mol. The van der Waals surface area contributed by atoms with Crippen molar-refractivity contribution in [1.29, 1.82) is 0 Å². The summed E-state index contributed by atoms with van der Waals surface area (Å²) in [5, 5.41) is 5.14. The molecule has 110 valence electrons. The first kappa shape index (κ1) is 13.2. The Morgan fingerprint density at radius 2 is 1.95 bits per heavy atom. The fourth-order valence-electron chi connectivity index (χ4n) is 2.52. The third-order valence-corrected chi connectivity index (χ3v) is 3.86. The summed E-state index contributed by atoms with van der Waals surface area (Å²) in [5.74, 6) is 1.59. The van der Waals surface area contributed by atoms with Gasteiger partial charge in [0.2, 0.25) is 6.79 Å². The summed E-state index contributed by atoms with van der Waals surface area (Å²) in [4.78, 5) is 4.35. The lowest BCUT2D eigenvalue weighted by atomic mass is 10.1. The van der Waals surface area contributed by atoms with Crippen molar-refractivity contribution in [3.63, 3.8) is 0 Å². The molecule has 3 aromatic rings. The lowest BCUT2D eigenvalue weighted by Crippen LogP contribution is -2.00. The van der Waals surface area contributed by atoms with E-state index < -0.39 is 0 Å². The third-order valence-electron chi connectivity index (χ3n) is 3.62. The molecule has 2 aromatic carbocycles. The van der Waals surface area contributed by atoms with Crippen LogP contribution in [-0.2, 0) is 6.54 Å². The van der Waals surface area contributed by atoms with Crippen LogP contribution in [-0.4, -0.2) is 11.8 Å². The normalized spacial score (nSPS) is 12.6. The molecule has 1 aliphatic heterocycles. The molecule has 2 heterocycles. The number of pyridine rings is 1. The highest BCUT2D eigenvalue weighted by Gasteiger charge is 2.13. The quantitative estimate of drug-likeness (QED) is 0.786. The summed E-state index contributed by atoms with van der Waals surface area (Å²) >= 11 is 6.09. The zero-order chi connectivity index (χ0) is 14.9. The summed E-state index contributed by atoms with van der Waals surface area (Å²) in [7, 11) is 0. The average Bonchev–Trinajstić information content (AvgIpc) is 3.00. The molecule has 0 saturated carbocycles. The molecule has 0 bridgehead atoms. The van der Waals surface area contributed by atoms with Gasteiger partial charge in [-0.3, -0.25) is 4.98 Å². The highest BCUT2D eigenvalue weighted by molar-refractivity contribution is 6.31. The predicted octanol–water partition coefficient (Wildman–Crippen LogP) is 4.23. The van der Waals surface area contributed by atoms with E-state index in [1.165, 1.54) is 0 Å². The van der Waals surface area contributed by atoms with Crippen molar-refractivity contribution >= 4 is 28.2 Å². The van der Waals surface area contributed by atoms with E-state index in [4.69, 9.17) is 21.1 Å². The van der Waals surface area contributed by atoms with Crippen molar-refractivity contribution in [2.75, 3.05) is 12.1 Å². The summed E-state index contributed by atoms with van der Waals surface area (Å²) in [5.41, 5.74) is 3.04. The van der Waals surface area contributed by atoms with Gasteiger partial charge in [0.25, 0.3) is 0 Å². The van der Waals surface area contributed by atoms with Gasteiger partial charge in [0.1, 0.15) is 0 Å². The number of aromatic nitrogens is 1. The minimum atomic E-state index is 0.291. The SMILES string of the molecule is Clc1ccc2nccc(NCc3ccc4c(c3)OCO4)c2c1. The van der Waals surface area contributed by atoms with Crippen LogP contribution in [0.25, 0.3) is 10.9 Å². The maximum absolute atomic E-state index is 6.09. The summed E-state index contributed by atoms with van der Waals surface area (Å²) in [6.45, 7) is 0.974. The van der Waals surface area contributed by atoms with Crippen LogP contribution in [0.3, 0.4) is 0 Å². The van der Waals surface area contributed by atoms with Gasteiger partial charge in [-0.2, -0.15) is 0 Å². The molecule has 1 aliphatic rings. The molecule has 0 spiro atoms. The van der Waals surface area contributed by atoms with Crippen molar-refractivity contribution in [2.24, 2.45) is 0 Å². The molecule has 1 N–H and O–H groups in total. The van der Waals surface area contributed by atoms with E-state index >= 15 is 0 Å². The third kappa shape index (κ3) is 2.42. The molecule has 0 amide bonds. The minimum absolute atomic E-state index is 0.291. The topological polar surface area (TPSA) is 43.4 Å². The Labute approximate surface area is 132 Å². The number of hydrogen-bond donors (Lipinski definition) is 1. The highest BCUT2D eigenvalue weighted by Crippen LogP contribution is 2.33. The first-order valence-electron chi connectivity index (χ1n) is 6.96. The molecule has 0 atom stereocenters. The summed E-state index contributed by atoms with van der Waals surface area (Å²) < 4.78 is 10.7. The maximum atomic E-state index is 6.09. The Balaban J connectivity index is 1.60. The van der Waals surface area contributed by atoms with E-state index in [0.717, 1.165) is 33.7 Å². The van der Waals surface area contributed by atoms with Gasteiger partial charge >= 0.3 is 0 Å². The Morgan fingerprint density at radius 1 is 1.05 bits per heavy atom. The van der Waals surface area contributed by atoms with E-state index in [0.29, 0.717) is 18.4 Å². The molecule has 22 heavy (non-hydrogen) atoms. The minimum Gasteiger partial charge on any atom is -0.454 e. The van der Waals surface area contributed by atoms with E-state index in [9.17, 15) is 0 Å². The monoisotopic (exact) mass is 312 g/mol. The number of ether oxygens (including phenoxy) is 2. The summed E-state index contributed by atoms with van der Waals surface area (Å²) in [6.07, 6.45) is 1.79. The van der Waals surface area contributed by atoms with Crippen LogP contribution in [0.1, 0.15) is 5.56 Å². The predicted molar refractivity (Wildman–Crippen MR) is 86.6 cm³/mol. The molecule has 0 saturated heterocycles. The number of hydrogen-bond acceptors (Lipinski definition) is 4. The molecule has 0 aliphatic carbocycles. The van der Waals surface area contributed by atoms with Gasteiger partial charge in [0.05, 0.1) is 5.52 Å². The smallest absolute Gasteiger partial charge is 0.231 e. The molecule has 4 nitrogen and oxygen atoms in total. The lowest BCUT2D eigenvalue weighted by molar-refractivity contribution is 0.174. The molecule has 4 rings (SSSR count). The van der Waals surface area contributed by atoms with Gasteiger partial charge in [-0.05, 0) is 42.0 Å². The van der Waals surface area contributed by atoms with Gasteiger partial charge in [0, 0.05) is 28.8 Å². The molecule has 0 unspecified atom stereocenters. The molecule has 0 fully saturated rings. The van der Waals surface area contributed by atoms with Gasteiger partial charge < -0.3 is 14.8 Å². The molecule has 5 heteroatoms. The number of rotatable bonds is 3. The second-order valence-electron chi connectivity index (χ2n) is 5.06. The van der Waals surface area contributed by atoms with E-state index in [1.807, 2.05) is 42.5 Å². The fraction of sp³-hybridized carbons (Fsp3) is 0.118. The van der Waals surface area contributed by atoms with Gasteiger partial charge in [-0.25, -0.2) is 0 Å². The second kappa shape index (κ2) is 5.39. The Kier molecular flexibility index (Phi) is 3.24. The molecule has 1 aromatic heterocycles. The van der Waals surface area contributed by atoms with Crippen LogP contribution in [0.4, 0.5) is 5.69 Å². The zero-order valence-corrected chi connectivity index (χ0v) is 12.4. The maximum Gasteiger partial charge on any atom is 0.231 e. The van der Waals surface area contributed by atoms with Crippen LogP contribution >= 0.6 is 11.6 Å². The lowest BCUT2D eigenvalue weighted by Gasteiger charge is -2.10. The number of nitrogens with zero attached hydrogens (tertiary/aromatic N) is 1. The number of nitrogens with one attached hydrogen (secondary N) is 1. The van der Waals surface area contributed by atoms with Crippen LogP contribution in [0.2, 0.25) is 5.02 Å². The summed E-state index contributed by atoms with van der Waals surface area (Å²) in [6, 6.07) is 13.6.